The van der Waals surface area contributed by atoms with Crippen molar-refractivity contribution in [2.75, 3.05) is 0 Å². The molecule has 1 aromatic carbocycles. The van der Waals surface area contributed by atoms with Crippen molar-refractivity contribution in [2.24, 2.45) is 0 Å². The smallest absolute Gasteiger partial charge is 0.183 e. The van der Waals surface area contributed by atoms with E-state index in [1.807, 2.05) is 10.8 Å². The lowest BCUT2D eigenvalue weighted by Crippen LogP contribution is -2.05. The Morgan fingerprint density at radius 2 is 1.87 bits per heavy atom. The van der Waals surface area contributed by atoms with Gasteiger partial charge in [-0.3, -0.25) is 4.79 Å². The van der Waals surface area contributed by atoms with E-state index in [1.54, 1.807) is 17.4 Å². The number of rotatable bonds is 2. The van der Waals surface area contributed by atoms with Crippen LogP contribution >= 0.6 is 11.3 Å². The molecule has 0 N–H and O–H groups in total. The van der Waals surface area contributed by atoms with Gasteiger partial charge in [-0.25, -0.2) is 0 Å². The van der Waals surface area contributed by atoms with Crippen molar-refractivity contribution in [2.45, 2.75) is 13.3 Å². The van der Waals surface area contributed by atoms with E-state index in [1.165, 1.54) is 11.1 Å². The van der Waals surface area contributed by atoms with Gasteiger partial charge in [-0.1, -0.05) is 29.8 Å². The minimum absolute atomic E-state index is 0.134. The van der Waals surface area contributed by atoms with Crippen LogP contribution in [0.5, 0.6) is 0 Å². The first-order chi connectivity index (χ1) is 7.25. The van der Waals surface area contributed by atoms with Crippen molar-refractivity contribution in [1.82, 2.24) is 0 Å². The zero-order chi connectivity index (χ0) is 10.7. The van der Waals surface area contributed by atoms with Crippen LogP contribution in [0.4, 0.5) is 0 Å². The first kappa shape index (κ1) is 10.1. The van der Waals surface area contributed by atoms with Gasteiger partial charge in [-0.2, -0.15) is 11.3 Å². The second kappa shape index (κ2) is 4.41. The van der Waals surface area contributed by atoms with Crippen molar-refractivity contribution in [3.63, 3.8) is 0 Å². The molecule has 15 heavy (non-hydrogen) atoms. The van der Waals surface area contributed by atoms with Crippen LogP contribution in [0.1, 0.15) is 16.7 Å². The van der Waals surface area contributed by atoms with Crippen molar-refractivity contribution in [3.8, 4) is 0 Å². The molecule has 0 radical (unpaired) electrons. The molecule has 0 bridgehead atoms. The van der Waals surface area contributed by atoms with Crippen LogP contribution in [-0.4, -0.2) is 0 Å². The molecule has 0 spiro atoms. The monoisotopic (exact) mass is 216 g/mol. The van der Waals surface area contributed by atoms with Gasteiger partial charge < -0.3 is 0 Å². The fourth-order valence-corrected chi connectivity index (χ4v) is 2.09. The molecule has 0 aliphatic rings. The highest BCUT2D eigenvalue weighted by Crippen LogP contribution is 2.08. The molecule has 76 valence electrons. The number of benzene rings is 1. The fraction of sp³-hybridized carbons (Fsp3) is 0.154. The first-order valence-electron chi connectivity index (χ1n) is 4.86. The Kier molecular flexibility index (Phi) is 2.97. The number of aryl methyl sites for hydroxylation is 1. The van der Waals surface area contributed by atoms with Crippen LogP contribution in [0, 0.1) is 6.92 Å². The fourth-order valence-electron chi connectivity index (χ4n) is 1.44. The third-order valence-corrected chi connectivity index (χ3v) is 3.05. The lowest BCUT2D eigenvalue weighted by atomic mass is 10.1. The molecule has 0 aliphatic heterocycles. The molecular formula is C13H12OS. The minimum Gasteiger partial charge on any atom is -0.290 e. The molecule has 0 amide bonds. The molecule has 0 aliphatic carbocycles. The van der Waals surface area contributed by atoms with E-state index >= 15 is 0 Å². The zero-order valence-corrected chi connectivity index (χ0v) is 9.38. The van der Waals surface area contributed by atoms with Gasteiger partial charge in [-0.05, 0) is 29.3 Å². The van der Waals surface area contributed by atoms with Crippen LogP contribution in [0.25, 0.3) is 0 Å². The number of hydrogen-bond donors (Lipinski definition) is 0. The maximum absolute atomic E-state index is 11.5. The molecule has 0 unspecified atom stereocenters. The Hall–Kier alpha value is -1.41. The van der Waals surface area contributed by atoms with Gasteiger partial charge in [0.1, 0.15) is 0 Å². The lowest BCUT2D eigenvalue weighted by Gasteiger charge is -2.00. The van der Waals surface area contributed by atoms with E-state index in [9.17, 15) is 4.79 Å². The van der Waals surface area contributed by atoms with E-state index in [2.05, 4.69) is 31.2 Å². The molecule has 2 aromatic rings. The summed E-state index contributed by atoms with van der Waals surface area (Å²) in [6.07, 6.45) is 0.733. The van der Waals surface area contributed by atoms with Gasteiger partial charge in [0.15, 0.2) is 5.43 Å². The van der Waals surface area contributed by atoms with Crippen molar-refractivity contribution < 1.29 is 0 Å². The first-order valence-corrected chi connectivity index (χ1v) is 5.81. The standard InChI is InChI=1S/C13H12OS/c1-10-2-4-11(5-3-10)8-12-9-15-7-6-13(12)14/h2-7,9H,8H2,1H3. The second-order valence-corrected chi connectivity index (χ2v) is 4.39. The molecule has 0 saturated heterocycles. The molecule has 1 heterocycles. The largest absolute Gasteiger partial charge is 0.290 e. The highest BCUT2D eigenvalue weighted by atomic mass is 32.1. The molecule has 0 saturated carbocycles. The second-order valence-electron chi connectivity index (χ2n) is 3.61. The van der Waals surface area contributed by atoms with Crippen molar-refractivity contribution >= 4 is 11.3 Å². The van der Waals surface area contributed by atoms with E-state index in [0.717, 1.165) is 12.0 Å². The van der Waals surface area contributed by atoms with E-state index in [-0.39, 0.29) is 5.43 Å². The molecule has 2 heteroatoms. The summed E-state index contributed by atoms with van der Waals surface area (Å²) in [6, 6.07) is 9.94. The highest BCUT2D eigenvalue weighted by Gasteiger charge is 1.99. The molecule has 1 aromatic heterocycles. The van der Waals surface area contributed by atoms with Crippen LogP contribution < -0.4 is 5.43 Å². The molecule has 1 nitrogen and oxygen atoms in total. The highest BCUT2D eigenvalue weighted by molar-refractivity contribution is 7.07. The van der Waals surface area contributed by atoms with Gasteiger partial charge in [0.05, 0.1) is 0 Å². The Bertz CT molecular complexity index is 496. The predicted octanol–water partition coefficient (Wildman–Crippen LogP) is 3.01. The third kappa shape index (κ3) is 2.54. The Balaban J connectivity index is 2.26. The zero-order valence-electron chi connectivity index (χ0n) is 8.57. The van der Waals surface area contributed by atoms with E-state index in [0.29, 0.717) is 0 Å². The van der Waals surface area contributed by atoms with Crippen LogP contribution in [-0.2, 0) is 6.42 Å². The SMILES string of the molecule is Cc1ccc(Cc2csccc2=O)cc1. The molecule has 0 fully saturated rings. The normalized spacial score (nSPS) is 10.2. The van der Waals surface area contributed by atoms with Crippen molar-refractivity contribution in [1.29, 1.82) is 0 Å². The van der Waals surface area contributed by atoms with E-state index < -0.39 is 0 Å². The Morgan fingerprint density at radius 3 is 2.53 bits per heavy atom. The summed E-state index contributed by atoms with van der Waals surface area (Å²) in [5.41, 5.74) is 3.45. The maximum atomic E-state index is 11.5. The summed E-state index contributed by atoms with van der Waals surface area (Å²) in [5.74, 6) is 0. The lowest BCUT2D eigenvalue weighted by molar-refractivity contribution is 1.17. The summed E-state index contributed by atoms with van der Waals surface area (Å²) in [4.78, 5) is 11.5. The van der Waals surface area contributed by atoms with Gasteiger partial charge >= 0.3 is 0 Å². The maximum Gasteiger partial charge on any atom is 0.183 e. The van der Waals surface area contributed by atoms with Crippen LogP contribution in [0.2, 0.25) is 0 Å². The number of hydrogen-bond acceptors (Lipinski definition) is 2. The van der Waals surface area contributed by atoms with Crippen LogP contribution in [0.15, 0.2) is 45.9 Å². The average molecular weight is 216 g/mol. The minimum atomic E-state index is 0.134. The summed E-state index contributed by atoms with van der Waals surface area (Å²) >= 11 is 1.57. The summed E-state index contributed by atoms with van der Waals surface area (Å²) in [7, 11) is 0. The molecule has 0 atom stereocenters. The Labute approximate surface area is 93.0 Å². The third-order valence-electron chi connectivity index (χ3n) is 2.34. The average Bonchev–Trinajstić information content (AvgIpc) is 2.25. The van der Waals surface area contributed by atoms with Crippen molar-refractivity contribution in [3.05, 3.63) is 68.0 Å². The van der Waals surface area contributed by atoms with Gasteiger partial charge in [-0.15, -0.1) is 0 Å². The summed E-state index contributed by atoms with van der Waals surface area (Å²) in [5, 5.41) is 3.75. The van der Waals surface area contributed by atoms with E-state index in [4.69, 9.17) is 0 Å². The summed E-state index contributed by atoms with van der Waals surface area (Å²) < 4.78 is 0. The van der Waals surface area contributed by atoms with Crippen LogP contribution in [0.3, 0.4) is 0 Å². The van der Waals surface area contributed by atoms with Gasteiger partial charge in [0, 0.05) is 12.0 Å². The molecule has 2 rings (SSSR count). The summed E-state index contributed by atoms with van der Waals surface area (Å²) in [6.45, 7) is 2.06. The van der Waals surface area contributed by atoms with Gasteiger partial charge in [0.2, 0.25) is 0 Å². The molecular weight excluding hydrogens is 204 g/mol. The Morgan fingerprint density at radius 1 is 1.13 bits per heavy atom. The van der Waals surface area contributed by atoms with Gasteiger partial charge in [0.25, 0.3) is 0 Å². The predicted molar refractivity (Wildman–Crippen MR) is 64.6 cm³/mol. The quantitative estimate of drug-likeness (QED) is 0.754. The topological polar surface area (TPSA) is 17.1 Å².